The summed E-state index contributed by atoms with van der Waals surface area (Å²) in [5.41, 5.74) is 19.8. The minimum atomic E-state index is -1.18. The Labute approximate surface area is 201 Å². The van der Waals surface area contributed by atoms with Crippen LogP contribution in [0.2, 0.25) is 0 Å². The molecule has 0 aliphatic heterocycles. The Morgan fingerprint density at radius 1 is 0.971 bits per heavy atom. The van der Waals surface area contributed by atoms with Crippen LogP contribution in [-0.4, -0.2) is 118 Å². The van der Waals surface area contributed by atoms with Crippen molar-refractivity contribution in [3.05, 3.63) is 0 Å². The molecule has 16 N–H and O–H groups in total. The summed E-state index contributed by atoms with van der Waals surface area (Å²) in [6, 6.07) is -2.63. The maximum Gasteiger partial charge on any atom is 0.323 e. The van der Waals surface area contributed by atoms with E-state index in [2.05, 4.69) is 10.6 Å². The molecule has 0 aromatic rings. The highest BCUT2D eigenvalue weighted by molar-refractivity contribution is 5.80. The average Bonchev–Trinajstić information content (AvgIpc) is 2.70. The summed E-state index contributed by atoms with van der Waals surface area (Å²) in [7, 11) is 3.03. The molecule has 0 heterocycles. The van der Waals surface area contributed by atoms with Gasteiger partial charge < -0.3 is 64.0 Å². The van der Waals surface area contributed by atoms with Crippen molar-refractivity contribution < 1.29 is 49.5 Å². The van der Waals surface area contributed by atoms with Crippen molar-refractivity contribution in [1.82, 2.24) is 15.5 Å². The largest absolute Gasteiger partial charge is 0.480 e. The first-order chi connectivity index (χ1) is 15.9. The van der Waals surface area contributed by atoms with Crippen LogP contribution in [0.4, 0.5) is 4.79 Å². The van der Waals surface area contributed by atoms with Gasteiger partial charge in [0.25, 0.3) is 0 Å². The number of hydrogen-bond acceptors (Lipinski definition) is 10. The maximum atomic E-state index is 10.2. The fourth-order valence-electron chi connectivity index (χ4n) is 1.30. The minimum Gasteiger partial charge on any atom is -0.480 e. The molecule has 3 atom stereocenters. The van der Waals surface area contributed by atoms with E-state index in [1.807, 2.05) is 0 Å². The Bertz CT molecular complexity index is 663. The fourth-order valence-corrected chi connectivity index (χ4v) is 1.30. The van der Waals surface area contributed by atoms with Gasteiger partial charge in [-0.1, -0.05) is 0 Å². The number of carboxylic acids is 4. The first-order valence-electron chi connectivity index (χ1n) is 9.71. The van der Waals surface area contributed by atoms with E-state index in [0.29, 0.717) is 19.4 Å². The molecule has 0 unspecified atom stereocenters. The van der Waals surface area contributed by atoms with Gasteiger partial charge in [-0.15, -0.1) is 0 Å². The summed E-state index contributed by atoms with van der Waals surface area (Å²) in [5.74, 6) is -4.27. The molecule has 0 aromatic carbocycles. The third-order valence-electron chi connectivity index (χ3n) is 3.22. The number of primary amides is 1. The van der Waals surface area contributed by atoms with Gasteiger partial charge in [0, 0.05) is 13.6 Å². The predicted molar refractivity (Wildman–Crippen MR) is 123 cm³/mol. The molecule has 0 aliphatic rings. The highest BCUT2D eigenvalue weighted by atomic mass is 16.4. The van der Waals surface area contributed by atoms with Crippen molar-refractivity contribution >= 4 is 35.9 Å². The number of rotatable bonds is 11. The van der Waals surface area contributed by atoms with E-state index in [1.165, 1.54) is 14.0 Å². The molecule has 0 radical (unpaired) electrons. The van der Waals surface area contributed by atoms with Crippen LogP contribution in [-0.2, 0) is 19.2 Å². The molecule has 35 heavy (non-hydrogen) atoms. The minimum absolute atomic E-state index is 0.0417. The molecule has 18 nitrogen and oxygen atoms in total. The fraction of sp³-hybridized carbons (Fsp3) is 0.647. The Balaban J connectivity index is -0.000000189. The monoisotopic (exact) mass is 514 g/mol. The second-order valence-corrected chi connectivity index (χ2v) is 6.54. The van der Waals surface area contributed by atoms with Crippen molar-refractivity contribution in [1.29, 1.82) is 5.41 Å². The summed E-state index contributed by atoms with van der Waals surface area (Å²) in [5, 5.41) is 52.4. The zero-order chi connectivity index (χ0) is 28.7. The number of amides is 2. The van der Waals surface area contributed by atoms with Crippen LogP contribution >= 0.6 is 0 Å². The van der Waals surface area contributed by atoms with Crippen LogP contribution < -0.4 is 33.6 Å². The molecule has 0 rings (SSSR count). The van der Waals surface area contributed by atoms with Gasteiger partial charge in [0.15, 0.2) is 5.96 Å². The SMILES string of the molecule is CN(CC(=O)O)C(=N)N.CNCC(=O)O.C[C@@H](O)[C@H](N)C(=O)O.NC(=O)NCCC[C@H](N)C(=O)O. The van der Waals surface area contributed by atoms with Crippen molar-refractivity contribution in [3.63, 3.8) is 0 Å². The molecular weight excluding hydrogens is 476 g/mol. The van der Waals surface area contributed by atoms with Gasteiger partial charge in [0.2, 0.25) is 0 Å². The van der Waals surface area contributed by atoms with E-state index in [9.17, 15) is 24.0 Å². The van der Waals surface area contributed by atoms with Crippen molar-refractivity contribution in [3.8, 4) is 0 Å². The van der Waals surface area contributed by atoms with Gasteiger partial charge in [-0.3, -0.25) is 24.6 Å². The number of aliphatic hydroxyl groups excluding tert-OH is 1. The topological polar surface area (TPSA) is 342 Å². The highest BCUT2D eigenvalue weighted by Crippen LogP contribution is 1.92. The zero-order valence-corrected chi connectivity index (χ0v) is 19.8. The summed E-state index contributed by atoms with van der Waals surface area (Å²) >= 11 is 0. The lowest BCUT2D eigenvalue weighted by molar-refractivity contribution is -0.141. The average molecular weight is 515 g/mol. The lowest BCUT2D eigenvalue weighted by Crippen LogP contribution is -2.39. The number of nitrogens with zero attached hydrogens (tertiary/aromatic N) is 1. The number of carbonyl (C=O) groups excluding carboxylic acids is 1. The lowest BCUT2D eigenvalue weighted by Gasteiger charge is -2.12. The molecule has 2 amide bonds. The van der Waals surface area contributed by atoms with Gasteiger partial charge in [0.1, 0.15) is 18.6 Å². The third-order valence-corrected chi connectivity index (χ3v) is 3.22. The van der Waals surface area contributed by atoms with E-state index >= 15 is 0 Å². The quantitative estimate of drug-likeness (QED) is 0.0706. The van der Waals surface area contributed by atoms with Crippen LogP contribution in [0.25, 0.3) is 0 Å². The number of hydrogen-bond donors (Lipinski definition) is 12. The molecule has 0 saturated heterocycles. The van der Waals surface area contributed by atoms with Gasteiger partial charge in [-0.25, -0.2) is 4.79 Å². The van der Waals surface area contributed by atoms with E-state index in [0.717, 1.165) is 4.90 Å². The van der Waals surface area contributed by atoms with Crippen molar-refractivity contribution in [2.75, 3.05) is 33.7 Å². The highest BCUT2D eigenvalue weighted by Gasteiger charge is 2.16. The number of aliphatic hydroxyl groups is 1. The van der Waals surface area contributed by atoms with Gasteiger partial charge in [-0.05, 0) is 26.8 Å². The summed E-state index contributed by atoms with van der Waals surface area (Å²) in [6.45, 7) is 1.50. The van der Waals surface area contributed by atoms with Crippen LogP contribution in [0.3, 0.4) is 0 Å². The number of urea groups is 1. The molecule has 0 saturated carbocycles. The van der Waals surface area contributed by atoms with Gasteiger partial charge in [-0.2, -0.15) is 0 Å². The molecule has 0 aromatic heterocycles. The third kappa shape index (κ3) is 35.0. The summed E-state index contributed by atoms with van der Waals surface area (Å²) < 4.78 is 0. The number of aliphatic carboxylic acids is 4. The Morgan fingerprint density at radius 3 is 1.63 bits per heavy atom. The normalized spacial score (nSPS) is 11.7. The number of nitrogens with two attached hydrogens (primary N) is 4. The van der Waals surface area contributed by atoms with Crippen LogP contribution in [0, 0.1) is 5.41 Å². The Morgan fingerprint density at radius 2 is 1.46 bits per heavy atom. The number of carbonyl (C=O) groups is 5. The number of carboxylic acid groups (broad SMARTS) is 4. The molecule has 0 aliphatic carbocycles. The summed E-state index contributed by atoms with van der Waals surface area (Å²) in [6.07, 6.45) is -0.140. The second-order valence-electron chi connectivity index (χ2n) is 6.54. The van der Waals surface area contributed by atoms with Gasteiger partial charge >= 0.3 is 29.9 Å². The zero-order valence-electron chi connectivity index (χ0n) is 19.8. The van der Waals surface area contributed by atoms with E-state index in [-0.39, 0.29) is 19.0 Å². The van der Waals surface area contributed by atoms with E-state index in [1.54, 1.807) is 7.05 Å². The lowest BCUT2D eigenvalue weighted by atomic mass is 10.2. The van der Waals surface area contributed by atoms with Crippen molar-refractivity contribution in [2.45, 2.75) is 38.0 Å². The summed E-state index contributed by atoms with van der Waals surface area (Å²) in [4.78, 5) is 50.8. The number of likely N-dealkylation sites (N-methyl/N-ethyl adjacent to an activating group) is 2. The first-order valence-corrected chi connectivity index (χ1v) is 9.71. The van der Waals surface area contributed by atoms with Crippen LogP contribution in [0.5, 0.6) is 0 Å². The second kappa shape index (κ2) is 23.4. The molecule has 0 bridgehead atoms. The molecule has 206 valence electrons. The van der Waals surface area contributed by atoms with Gasteiger partial charge in [0.05, 0.1) is 12.6 Å². The van der Waals surface area contributed by atoms with Crippen LogP contribution in [0.1, 0.15) is 19.8 Å². The van der Waals surface area contributed by atoms with E-state index in [4.69, 9.17) is 53.9 Å². The predicted octanol–water partition coefficient (Wildman–Crippen LogP) is -4.19. The van der Waals surface area contributed by atoms with E-state index < -0.39 is 48.1 Å². The van der Waals surface area contributed by atoms with Crippen molar-refractivity contribution in [2.24, 2.45) is 22.9 Å². The standard InChI is InChI=1S/C6H13N3O3.C4H9N3O2.C4H9NO3.C3H7NO2/c7-4(5(10)11)2-1-3-9-6(8)12;1-7(4(5)6)2-3(8)9;1-2(6)3(5)4(7)8;1-4-2-3(5)6/h4H,1-3,7H2,(H,10,11)(H3,8,9,12);2H2,1H3,(H3,5,6)(H,8,9);2-3,6H,5H2,1H3,(H,7,8);4H,2H2,1H3,(H,5,6)/t4-;;2-,3+;/m0.1./s1. The molecule has 18 heteroatoms. The Hall–Kier alpha value is -3.74. The van der Waals surface area contributed by atoms with Crippen LogP contribution in [0.15, 0.2) is 0 Å². The first kappa shape index (κ1) is 38.5. The Kier molecular flexibility index (Phi) is 25.8. The molecule has 0 spiro atoms. The molecular formula is C17H38N8O10. The number of nitrogens with one attached hydrogen (secondary N) is 3. The maximum absolute atomic E-state index is 10.2. The molecule has 0 fully saturated rings. The number of guanidine groups is 1. The smallest absolute Gasteiger partial charge is 0.323 e.